The molecule has 1 aromatic carbocycles. The highest BCUT2D eigenvalue weighted by molar-refractivity contribution is 5.95. The van der Waals surface area contributed by atoms with E-state index in [-0.39, 0.29) is 0 Å². The Morgan fingerprint density at radius 1 is 1.41 bits per heavy atom. The number of carbonyl (C=O) groups is 1. The number of rotatable bonds is 3. The highest BCUT2D eigenvalue weighted by Crippen LogP contribution is 2.27. The molecule has 17 heavy (non-hydrogen) atoms. The molecule has 0 radical (unpaired) electrons. The number of carboxylic acids is 1. The monoisotopic (exact) mass is 228 g/mol. The van der Waals surface area contributed by atoms with Gasteiger partial charge in [0.1, 0.15) is 0 Å². The molecular formula is C15H16O2. The first-order chi connectivity index (χ1) is 8.22. The van der Waals surface area contributed by atoms with Gasteiger partial charge >= 0.3 is 5.97 Å². The fourth-order valence-corrected chi connectivity index (χ4v) is 2.09. The molecule has 1 aliphatic rings. The molecule has 0 saturated heterocycles. The van der Waals surface area contributed by atoms with Crippen LogP contribution in [-0.2, 0) is 0 Å². The average molecular weight is 228 g/mol. The maximum Gasteiger partial charge on any atom is 0.336 e. The van der Waals surface area contributed by atoms with E-state index in [1.165, 1.54) is 0 Å². The maximum absolute atomic E-state index is 11.1. The fourth-order valence-electron chi connectivity index (χ4n) is 2.09. The zero-order valence-electron chi connectivity index (χ0n) is 9.89. The molecule has 0 spiro atoms. The van der Waals surface area contributed by atoms with Crippen molar-refractivity contribution in [3.8, 4) is 0 Å². The molecule has 2 rings (SSSR count). The van der Waals surface area contributed by atoms with E-state index >= 15 is 0 Å². The summed E-state index contributed by atoms with van der Waals surface area (Å²) in [6.07, 6.45) is 8.47. The average Bonchev–Trinajstić information content (AvgIpc) is 2.39. The highest BCUT2D eigenvalue weighted by atomic mass is 16.4. The summed E-state index contributed by atoms with van der Waals surface area (Å²) in [7, 11) is 0. The summed E-state index contributed by atoms with van der Waals surface area (Å²) in [6, 6.07) is 7.15. The van der Waals surface area contributed by atoms with Gasteiger partial charge in [0.25, 0.3) is 0 Å². The molecule has 1 unspecified atom stereocenters. The van der Waals surface area contributed by atoms with Gasteiger partial charge in [-0.25, -0.2) is 4.79 Å². The number of allylic oxidation sites excluding steroid dienone is 4. The van der Waals surface area contributed by atoms with Crippen LogP contribution in [-0.4, -0.2) is 11.1 Å². The van der Waals surface area contributed by atoms with Gasteiger partial charge in [-0.05, 0) is 36.0 Å². The van der Waals surface area contributed by atoms with E-state index in [0.717, 1.165) is 24.0 Å². The Balaban J connectivity index is 2.33. The van der Waals surface area contributed by atoms with E-state index in [9.17, 15) is 4.79 Å². The van der Waals surface area contributed by atoms with Crippen molar-refractivity contribution < 1.29 is 9.90 Å². The van der Waals surface area contributed by atoms with Crippen LogP contribution in [0, 0.1) is 5.92 Å². The standard InChI is InChI=1S/C15H16O2/c1-2-11-7-9-12(10-8-11)13-5-3-4-6-14(13)15(16)17/h3-7,9-11H,2,8H2,1H3,(H,16,17). The minimum atomic E-state index is -0.868. The SMILES string of the molecule is CCC1C=CC(c2ccccc2C(=O)O)=CC1. The van der Waals surface area contributed by atoms with E-state index < -0.39 is 5.97 Å². The first kappa shape index (κ1) is 11.6. The van der Waals surface area contributed by atoms with Gasteiger partial charge in [-0.2, -0.15) is 0 Å². The molecule has 0 saturated carbocycles. The Morgan fingerprint density at radius 3 is 2.76 bits per heavy atom. The van der Waals surface area contributed by atoms with Crippen LogP contribution in [0.25, 0.3) is 5.57 Å². The van der Waals surface area contributed by atoms with Gasteiger partial charge in [-0.3, -0.25) is 0 Å². The summed E-state index contributed by atoms with van der Waals surface area (Å²) in [6.45, 7) is 2.17. The van der Waals surface area contributed by atoms with Crippen molar-refractivity contribution in [2.45, 2.75) is 19.8 Å². The predicted octanol–water partition coefficient (Wildman–Crippen LogP) is 3.75. The lowest BCUT2D eigenvalue weighted by molar-refractivity contribution is 0.0696. The van der Waals surface area contributed by atoms with E-state index in [0.29, 0.717) is 11.5 Å². The number of carboxylic acid groups (broad SMARTS) is 1. The van der Waals surface area contributed by atoms with Gasteiger partial charge < -0.3 is 5.11 Å². The summed E-state index contributed by atoms with van der Waals surface area (Å²) < 4.78 is 0. The van der Waals surface area contributed by atoms with Crippen molar-refractivity contribution in [3.63, 3.8) is 0 Å². The van der Waals surface area contributed by atoms with E-state index in [2.05, 4.69) is 19.1 Å². The lowest BCUT2D eigenvalue weighted by atomic mass is 9.90. The van der Waals surface area contributed by atoms with Crippen molar-refractivity contribution >= 4 is 11.5 Å². The number of benzene rings is 1. The lowest BCUT2D eigenvalue weighted by Crippen LogP contribution is -2.03. The molecule has 1 aromatic rings. The molecule has 0 aliphatic heterocycles. The summed E-state index contributed by atoms with van der Waals surface area (Å²) in [5.41, 5.74) is 2.21. The maximum atomic E-state index is 11.1. The van der Waals surface area contributed by atoms with E-state index in [1.807, 2.05) is 18.2 Å². The van der Waals surface area contributed by atoms with Crippen LogP contribution < -0.4 is 0 Å². The minimum Gasteiger partial charge on any atom is -0.478 e. The van der Waals surface area contributed by atoms with Crippen LogP contribution in [0.3, 0.4) is 0 Å². The first-order valence-corrected chi connectivity index (χ1v) is 5.93. The molecule has 0 heterocycles. The fraction of sp³-hybridized carbons (Fsp3) is 0.267. The van der Waals surface area contributed by atoms with E-state index in [1.54, 1.807) is 12.1 Å². The van der Waals surface area contributed by atoms with Crippen LogP contribution >= 0.6 is 0 Å². The zero-order valence-corrected chi connectivity index (χ0v) is 9.89. The molecule has 0 fully saturated rings. The van der Waals surface area contributed by atoms with Crippen molar-refractivity contribution in [3.05, 3.63) is 53.6 Å². The third-order valence-electron chi connectivity index (χ3n) is 3.18. The number of aromatic carboxylic acids is 1. The Hall–Kier alpha value is -1.83. The van der Waals surface area contributed by atoms with Gasteiger partial charge in [-0.15, -0.1) is 0 Å². The van der Waals surface area contributed by atoms with Crippen LogP contribution in [0.5, 0.6) is 0 Å². The summed E-state index contributed by atoms with van der Waals surface area (Å²) in [5, 5.41) is 9.14. The number of hydrogen-bond donors (Lipinski definition) is 1. The smallest absolute Gasteiger partial charge is 0.336 e. The highest BCUT2D eigenvalue weighted by Gasteiger charge is 2.14. The zero-order chi connectivity index (χ0) is 12.3. The first-order valence-electron chi connectivity index (χ1n) is 5.93. The number of hydrogen-bond acceptors (Lipinski definition) is 1. The lowest BCUT2D eigenvalue weighted by Gasteiger charge is -2.15. The summed E-state index contributed by atoms with van der Waals surface area (Å²) in [5.74, 6) is -0.275. The van der Waals surface area contributed by atoms with Gasteiger partial charge in [-0.1, -0.05) is 43.4 Å². The van der Waals surface area contributed by atoms with Gasteiger partial charge in [0, 0.05) is 0 Å². The molecule has 0 aromatic heterocycles. The molecule has 0 amide bonds. The Bertz CT molecular complexity index is 483. The second kappa shape index (κ2) is 5.00. The van der Waals surface area contributed by atoms with Gasteiger partial charge in [0.05, 0.1) is 5.56 Å². The molecular weight excluding hydrogens is 212 g/mol. The summed E-state index contributed by atoms with van der Waals surface area (Å²) in [4.78, 5) is 11.1. The van der Waals surface area contributed by atoms with E-state index in [4.69, 9.17) is 5.11 Å². The normalized spacial score (nSPS) is 18.9. The van der Waals surface area contributed by atoms with Gasteiger partial charge in [0.2, 0.25) is 0 Å². The molecule has 0 bridgehead atoms. The molecule has 1 N–H and O–H groups in total. The summed E-state index contributed by atoms with van der Waals surface area (Å²) >= 11 is 0. The quantitative estimate of drug-likeness (QED) is 0.855. The van der Waals surface area contributed by atoms with Crippen LogP contribution in [0.1, 0.15) is 35.7 Å². The van der Waals surface area contributed by atoms with Crippen LogP contribution in [0.2, 0.25) is 0 Å². The largest absolute Gasteiger partial charge is 0.478 e. The third-order valence-corrected chi connectivity index (χ3v) is 3.18. The van der Waals surface area contributed by atoms with Crippen LogP contribution in [0.4, 0.5) is 0 Å². The Kier molecular flexibility index (Phi) is 3.43. The molecule has 2 heteroatoms. The second-order valence-corrected chi connectivity index (χ2v) is 4.27. The van der Waals surface area contributed by atoms with Crippen LogP contribution in [0.15, 0.2) is 42.5 Å². The Morgan fingerprint density at radius 2 is 2.18 bits per heavy atom. The van der Waals surface area contributed by atoms with Crippen molar-refractivity contribution in [2.75, 3.05) is 0 Å². The van der Waals surface area contributed by atoms with Crippen molar-refractivity contribution in [1.82, 2.24) is 0 Å². The third kappa shape index (κ3) is 2.47. The minimum absolute atomic E-state index is 0.373. The van der Waals surface area contributed by atoms with Gasteiger partial charge in [0.15, 0.2) is 0 Å². The molecule has 2 nitrogen and oxygen atoms in total. The molecule has 1 aliphatic carbocycles. The molecule has 88 valence electrons. The van der Waals surface area contributed by atoms with Crippen molar-refractivity contribution in [1.29, 1.82) is 0 Å². The topological polar surface area (TPSA) is 37.3 Å². The van der Waals surface area contributed by atoms with Crippen molar-refractivity contribution in [2.24, 2.45) is 5.92 Å². The predicted molar refractivity (Wildman–Crippen MR) is 68.9 cm³/mol. The Labute approximate surface area is 101 Å². The second-order valence-electron chi connectivity index (χ2n) is 4.27. The molecule has 1 atom stereocenters.